The third kappa shape index (κ3) is 4.18. The molecule has 0 aromatic heterocycles. The lowest BCUT2D eigenvalue weighted by Crippen LogP contribution is -2.37. The maximum absolute atomic E-state index is 11.5. The van der Waals surface area contributed by atoms with E-state index in [0.717, 1.165) is 0 Å². The van der Waals surface area contributed by atoms with Crippen molar-refractivity contribution in [3.8, 4) is 0 Å². The highest BCUT2D eigenvalue weighted by Gasteiger charge is 2.69. The molecule has 8 heteroatoms. The van der Waals surface area contributed by atoms with Crippen LogP contribution in [0.5, 0.6) is 0 Å². The number of carbonyl (C=O) groups is 4. The van der Waals surface area contributed by atoms with Gasteiger partial charge in [0, 0.05) is 27.7 Å². The predicted molar refractivity (Wildman–Crippen MR) is 102 cm³/mol. The second-order valence-corrected chi connectivity index (χ2v) is 9.34. The molecule has 166 valence electrons. The Labute approximate surface area is 175 Å². The number of carbonyl (C=O) groups excluding carboxylic acids is 4. The second kappa shape index (κ2) is 7.85. The van der Waals surface area contributed by atoms with E-state index >= 15 is 0 Å². The molecule has 0 bridgehead atoms. The van der Waals surface area contributed by atoms with Gasteiger partial charge in [0.1, 0.15) is 24.4 Å². The van der Waals surface area contributed by atoms with E-state index in [0.29, 0.717) is 61.2 Å². The zero-order valence-corrected chi connectivity index (χ0v) is 17.9. The van der Waals surface area contributed by atoms with Crippen LogP contribution < -0.4 is 0 Å². The van der Waals surface area contributed by atoms with Gasteiger partial charge in [-0.15, -0.1) is 0 Å². The topological polar surface area (TPSA) is 105 Å². The van der Waals surface area contributed by atoms with Gasteiger partial charge in [0.15, 0.2) is 0 Å². The zero-order valence-electron chi connectivity index (χ0n) is 17.9. The van der Waals surface area contributed by atoms with Gasteiger partial charge in [0.05, 0.1) is 0 Å². The highest BCUT2D eigenvalue weighted by atomic mass is 16.6. The summed E-state index contributed by atoms with van der Waals surface area (Å²) in [5, 5.41) is 0. The van der Waals surface area contributed by atoms with Crippen LogP contribution in [0.25, 0.3) is 0 Å². The smallest absolute Gasteiger partial charge is 0.303 e. The van der Waals surface area contributed by atoms with Crippen LogP contribution in [-0.4, -0.2) is 48.3 Å². The van der Waals surface area contributed by atoms with Crippen molar-refractivity contribution in [1.82, 2.24) is 0 Å². The number of hydrogen-bond donors (Lipinski definition) is 0. The lowest BCUT2D eigenvalue weighted by atomic mass is 9.94. The summed E-state index contributed by atoms with van der Waals surface area (Å²) in [7, 11) is 0. The quantitative estimate of drug-likeness (QED) is 0.489. The van der Waals surface area contributed by atoms with Crippen LogP contribution in [0, 0.1) is 35.5 Å². The number of rotatable bonds is 5. The number of ether oxygens (including phenoxy) is 4. The summed E-state index contributed by atoms with van der Waals surface area (Å²) < 4.78 is 21.8. The fraction of sp³-hybridized carbons (Fsp3) is 0.818. The molecule has 10 atom stereocenters. The first kappa shape index (κ1) is 21.1. The van der Waals surface area contributed by atoms with Gasteiger partial charge in [-0.05, 0) is 61.2 Å². The Bertz CT molecular complexity index is 625. The SMILES string of the molecule is CC(=O)O[C@H]1C[C@H]2C(C3[C@H]4C[C@@H](OC(C)=O)[C@@H](OC(C)=O)C[C@@H]34)[C@H]2C[C@H]1OC(C)=O. The number of hydrogen-bond acceptors (Lipinski definition) is 8. The van der Waals surface area contributed by atoms with E-state index in [1.807, 2.05) is 0 Å². The normalized spacial score (nSPS) is 43.3. The van der Waals surface area contributed by atoms with Crippen molar-refractivity contribution < 1.29 is 38.1 Å². The minimum atomic E-state index is -0.388. The van der Waals surface area contributed by atoms with Crippen molar-refractivity contribution in [1.29, 1.82) is 0 Å². The first-order valence-corrected chi connectivity index (χ1v) is 10.8. The van der Waals surface area contributed by atoms with Crippen molar-refractivity contribution in [2.24, 2.45) is 35.5 Å². The summed E-state index contributed by atoms with van der Waals surface area (Å²) in [6.45, 7) is 5.50. The van der Waals surface area contributed by atoms with E-state index in [1.54, 1.807) is 0 Å². The summed E-state index contributed by atoms with van der Waals surface area (Å²) in [6.07, 6.45) is 1.30. The minimum absolute atomic E-state index is 0.360. The zero-order chi connectivity index (χ0) is 21.7. The maximum Gasteiger partial charge on any atom is 0.303 e. The molecule has 30 heavy (non-hydrogen) atoms. The first-order valence-electron chi connectivity index (χ1n) is 10.8. The van der Waals surface area contributed by atoms with Crippen molar-refractivity contribution >= 4 is 23.9 Å². The molecule has 0 spiro atoms. The van der Waals surface area contributed by atoms with Crippen LogP contribution in [0.1, 0.15) is 53.4 Å². The molecule has 8 nitrogen and oxygen atoms in total. The van der Waals surface area contributed by atoms with Crippen molar-refractivity contribution in [3.63, 3.8) is 0 Å². The third-order valence-electron chi connectivity index (χ3n) is 7.36. The van der Waals surface area contributed by atoms with E-state index < -0.39 is 0 Å². The van der Waals surface area contributed by atoms with Gasteiger partial charge >= 0.3 is 23.9 Å². The largest absolute Gasteiger partial charge is 0.459 e. The van der Waals surface area contributed by atoms with Gasteiger partial charge in [-0.3, -0.25) is 19.2 Å². The lowest BCUT2D eigenvalue weighted by Gasteiger charge is -2.29. The molecule has 0 N–H and O–H groups in total. The molecule has 4 fully saturated rings. The first-order chi connectivity index (χ1) is 14.2. The molecule has 0 aliphatic heterocycles. The fourth-order valence-corrected chi connectivity index (χ4v) is 6.45. The molecule has 2 unspecified atom stereocenters. The summed E-state index contributed by atoms with van der Waals surface area (Å²) in [6, 6.07) is 0. The van der Waals surface area contributed by atoms with Gasteiger partial charge < -0.3 is 18.9 Å². The van der Waals surface area contributed by atoms with E-state index in [-0.39, 0.29) is 48.3 Å². The monoisotopic (exact) mass is 422 g/mol. The van der Waals surface area contributed by atoms with E-state index in [2.05, 4.69) is 0 Å². The van der Waals surface area contributed by atoms with Crippen molar-refractivity contribution in [2.45, 2.75) is 77.8 Å². The van der Waals surface area contributed by atoms with Crippen molar-refractivity contribution in [2.75, 3.05) is 0 Å². The van der Waals surface area contributed by atoms with Crippen LogP contribution in [0.3, 0.4) is 0 Å². The molecule has 0 aromatic carbocycles. The molecule has 0 radical (unpaired) electrons. The third-order valence-corrected chi connectivity index (χ3v) is 7.36. The molecule has 0 saturated heterocycles. The molecule has 0 amide bonds. The Morgan fingerprint density at radius 1 is 0.467 bits per heavy atom. The average molecular weight is 422 g/mol. The Kier molecular flexibility index (Phi) is 5.53. The molecular formula is C22H30O8. The molecule has 4 aliphatic carbocycles. The Balaban J connectivity index is 1.42. The van der Waals surface area contributed by atoms with Gasteiger partial charge in [-0.1, -0.05) is 0 Å². The highest BCUT2D eigenvalue weighted by Crippen LogP contribution is 2.71. The molecular weight excluding hydrogens is 392 g/mol. The van der Waals surface area contributed by atoms with E-state index in [4.69, 9.17) is 18.9 Å². The summed E-state index contributed by atoms with van der Waals surface area (Å²) in [4.78, 5) is 46.0. The highest BCUT2D eigenvalue weighted by molar-refractivity contribution is 5.68. The minimum Gasteiger partial charge on any atom is -0.459 e. The van der Waals surface area contributed by atoms with E-state index in [9.17, 15) is 19.2 Å². The molecule has 0 aromatic rings. The predicted octanol–water partition coefficient (Wildman–Crippen LogP) is 2.03. The Hall–Kier alpha value is -2.12. The maximum atomic E-state index is 11.5. The Morgan fingerprint density at radius 2 is 0.667 bits per heavy atom. The fourth-order valence-electron chi connectivity index (χ4n) is 6.45. The van der Waals surface area contributed by atoms with Crippen LogP contribution in [-0.2, 0) is 38.1 Å². The molecule has 4 saturated carbocycles. The van der Waals surface area contributed by atoms with Gasteiger partial charge in [0.25, 0.3) is 0 Å². The van der Waals surface area contributed by atoms with Crippen LogP contribution in [0.4, 0.5) is 0 Å². The van der Waals surface area contributed by atoms with Gasteiger partial charge in [-0.25, -0.2) is 0 Å². The summed E-state index contributed by atoms with van der Waals surface area (Å²) >= 11 is 0. The van der Waals surface area contributed by atoms with Crippen LogP contribution in [0.15, 0.2) is 0 Å². The lowest BCUT2D eigenvalue weighted by molar-refractivity contribution is -0.169. The van der Waals surface area contributed by atoms with Crippen molar-refractivity contribution in [3.05, 3.63) is 0 Å². The number of esters is 4. The molecule has 0 heterocycles. The summed E-state index contributed by atoms with van der Waals surface area (Å²) in [5.41, 5.74) is 0. The molecule has 4 aliphatic rings. The standard InChI is InChI=1S/C22H30O8/c1-9(23)27-17-5-13-14(6-18(17)28-10(2)24)21(13)22-15-7-19(29-11(3)25)20(8-16(15)22)30-12(4)26/h13-22H,5-8H2,1-4H3/t13-,14+,15-,16+,17+,18-,19+,20-,21?,22?. The Morgan fingerprint density at radius 3 is 0.833 bits per heavy atom. The van der Waals surface area contributed by atoms with Gasteiger partial charge in [0.2, 0.25) is 0 Å². The number of fused-ring (bicyclic) bond motifs is 2. The van der Waals surface area contributed by atoms with Gasteiger partial charge in [-0.2, -0.15) is 0 Å². The van der Waals surface area contributed by atoms with Crippen LogP contribution in [0.2, 0.25) is 0 Å². The van der Waals surface area contributed by atoms with E-state index in [1.165, 1.54) is 27.7 Å². The molecule has 4 rings (SSSR count). The second-order valence-electron chi connectivity index (χ2n) is 9.34. The summed E-state index contributed by atoms with van der Waals surface area (Å²) in [5.74, 6) is 1.37. The van der Waals surface area contributed by atoms with Crippen LogP contribution >= 0.6 is 0 Å². The average Bonchev–Trinajstić information content (AvgIpc) is 3.47.